The molecule has 6 heteroatoms. The number of rotatable bonds is 3. The summed E-state index contributed by atoms with van der Waals surface area (Å²) in [4.78, 5) is 8.50. The van der Waals surface area contributed by atoms with Crippen LogP contribution in [0.2, 0.25) is 0 Å². The summed E-state index contributed by atoms with van der Waals surface area (Å²) in [6.07, 6.45) is -0.793. The summed E-state index contributed by atoms with van der Waals surface area (Å²) in [5.41, 5.74) is 2.06. The van der Waals surface area contributed by atoms with Gasteiger partial charge in [-0.2, -0.15) is 13.2 Å². The Morgan fingerprint density at radius 2 is 1.93 bits per heavy atom. The summed E-state index contributed by atoms with van der Waals surface area (Å²) >= 11 is 0. The Labute approximate surface area is 163 Å². The summed E-state index contributed by atoms with van der Waals surface area (Å²) in [6, 6.07) is 9.42. The molecule has 0 bridgehead atoms. The summed E-state index contributed by atoms with van der Waals surface area (Å²) in [5, 5.41) is 0. The number of pyridine rings is 1. The minimum atomic E-state index is -4.41. The van der Waals surface area contributed by atoms with E-state index in [0.717, 1.165) is 18.3 Å². The highest BCUT2D eigenvalue weighted by atomic mass is 19.4. The van der Waals surface area contributed by atoms with Crippen molar-refractivity contribution in [1.82, 2.24) is 4.98 Å². The number of aromatic nitrogens is 1. The summed E-state index contributed by atoms with van der Waals surface area (Å²) in [7, 11) is 0. The molecule has 3 unspecified atom stereocenters. The smallest absolute Gasteiger partial charge is 0.345 e. The van der Waals surface area contributed by atoms with Gasteiger partial charge in [-0.3, -0.25) is 0 Å². The monoisotopic (exact) mass is 387 g/mol. The Kier molecular flexibility index (Phi) is 4.40. The molecule has 4 rings (SSSR count). The second-order valence-electron chi connectivity index (χ2n) is 7.90. The molecule has 2 aliphatic rings. The number of hydrogen-bond acceptors (Lipinski definition) is 3. The Morgan fingerprint density at radius 1 is 1.21 bits per heavy atom. The normalized spacial score (nSPS) is 23.5. The number of fused-ring (bicyclic) bond motifs is 5. The first-order valence-electron chi connectivity index (χ1n) is 9.60. The van der Waals surface area contributed by atoms with Gasteiger partial charge < -0.3 is 9.80 Å². The first-order valence-corrected chi connectivity index (χ1v) is 9.60. The lowest BCUT2D eigenvalue weighted by atomic mass is 9.78. The predicted octanol–water partition coefficient (Wildman–Crippen LogP) is 6.10. The first-order chi connectivity index (χ1) is 13.3. The molecule has 0 saturated carbocycles. The van der Waals surface area contributed by atoms with E-state index in [1.54, 1.807) is 0 Å². The van der Waals surface area contributed by atoms with Crippen molar-refractivity contribution in [2.75, 3.05) is 9.80 Å². The molecular weight excluding hydrogens is 363 g/mol. The minimum Gasteiger partial charge on any atom is -0.345 e. The Bertz CT molecular complexity index is 906. The van der Waals surface area contributed by atoms with Crippen molar-refractivity contribution in [3.63, 3.8) is 0 Å². The Hall–Kier alpha value is -2.50. The number of halogens is 3. The molecule has 28 heavy (non-hydrogen) atoms. The molecule has 3 nitrogen and oxygen atoms in total. The fourth-order valence-electron chi connectivity index (χ4n) is 4.73. The maximum Gasteiger partial charge on any atom is 0.417 e. The van der Waals surface area contributed by atoms with Gasteiger partial charge in [0.2, 0.25) is 0 Å². The maximum atomic E-state index is 13.3. The zero-order valence-corrected chi connectivity index (χ0v) is 16.2. The van der Waals surface area contributed by atoms with Gasteiger partial charge in [0.05, 0.1) is 11.3 Å². The van der Waals surface area contributed by atoms with Crippen molar-refractivity contribution in [2.45, 2.75) is 51.5 Å². The van der Waals surface area contributed by atoms with Gasteiger partial charge in [-0.15, -0.1) is 6.58 Å². The maximum absolute atomic E-state index is 13.3. The van der Waals surface area contributed by atoms with Gasteiger partial charge >= 0.3 is 6.18 Å². The molecule has 3 heterocycles. The van der Waals surface area contributed by atoms with E-state index in [9.17, 15) is 13.2 Å². The van der Waals surface area contributed by atoms with Crippen molar-refractivity contribution in [2.24, 2.45) is 5.92 Å². The second kappa shape index (κ2) is 6.54. The van der Waals surface area contributed by atoms with Crippen LogP contribution in [0.25, 0.3) is 0 Å². The highest BCUT2D eigenvalue weighted by Crippen LogP contribution is 2.55. The fourth-order valence-corrected chi connectivity index (χ4v) is 4.73. The predicted molar refractivity (Wildman–Crippen MR) is 106 cm³/mol. The zero-order chi connectivity index (χ0) is 20.2. The van der Waals surface area contributed by atoms with Gasteiger partial charge in [0.1, 0.15) is 6.17 Å². The Morgan fingerprint density at radius 3 is 2.57 bits per heavy atom. The van der Waals surface area contributed by atoms with Crippen molar-refractivity contribution in [3.8, 4) is 0 Å². The van der Waals surface area contributed by atoms with Crippen LogP contribution in [-0.2, 0) is 6.18 Å². The van der Waals surface area contributed by atoms with Crippen LogP contribution in [0, 0.1) is 5.92 Å². The number of anilines is 3. The summed E-state index contributed by atoms with van der Waals surface area (Å²) < 4.78 is 40.0. The molecular formula is C22H24F3N3. The third-order valence-electron chi connectivity index (χ3n) is 5.91. The molecule has 1 aromatic carbocycles. The van der Waals surface area contributed by atoms with Crippen molar-refractivity contribution in [1.29, 1.82) is 0 Å². The molecule has 1 aromatic heterocycles. The topological polar surface area (TPSA) is 19.4 Å². The molecule has 0 aliphatic carbocycles. The molecule has 0 fully saturated rings. The lowest BCUT2D eigenvalue weighted by Crippen LogP contribution is -2.52. The number of alkyl halides is 3. The van der Waals surface area contributed by atoms with E-state index in [4.69, 9.17) is 0 Å². The van der Waals surface area contributed by atoms with Crippen molar-refractivity contribution < 1.29 is 13.2 Å². The third-order valence-corrected chi connectivity index (χ3v) is 5.91. The van der Waals surface area contributed by atoms with Crippen LogP contribution >= 0.6 is 0 Å². The first kappa shape index (κ1) is 18.8. The van der Waals surface area contributed by atoms with Crippen LogP contribution in [0.3, 0.4) is 0 Å². The standard InChI is InChI=1S/C22H24F3N3/c1-5-8-16-14(4)21-27(13(2)3)19-11-15(22(23,24)25)12-26-20(19)28(21)18-10-7-6-9-17(16)18/h5-7,9-14,16,21H,1,8H2,2-4H3. The average molecular weight is 387 g/mol. The molecule has 2 aromatic rings. The Balaban J connectivity index is 1.94. The second-order valence-corrected chi connectivity index (χ2v) is 7.90. The highest BCUT2D eigenvalue weighted by molar-refractivity contribution is 5.84. The lowest BCUT2D eigenvalue weighted by molar-refractivity contribution is -0.137. The lowest BCUT2D eigenvalue weighted by Gasteiger charge is -2.46. The van der Waals surface area contributed by atoms with E-state index < -0.39 is 11.7 Å². The number of allylic oxidation sites excluding steroid dienone is 1. The molecule has 0 N–H and O–H groups in total. The van der Waals surface area contributed by atoms with Crippen LogP contribution in [-0.4, -0.2) is 17.2 Å². The molecule has 0 saturated heterocycles. The highest BCUT2D eigenvalue weighted by Gasteiger charge is 2.49. The number of para-hydroxylation sites is 1. The zero-order valence-electron chi connectivity index (χ0n) is 16.2. The van der Waals surface area contributed by atoms with E-state index in [-0.39, 0.29) is 24.0 Å². The number of benzene rings is 1. The van der Waals surface area contributed by atoms with Crippen LogP contribution in [0.5, 0.6) is 0 Å². The SMILES string of the molecule is C=CCC1c2ccccc2N2c3ncc(C(F)(F)F)cc3N(C(C)C)C2C1C. The van der Waals surface area contributed by atoms with Gasteiger partial charge in [0.25, 0.3) is 0 Å². The minimum absolute atomic E-state index is 0.0381. The van der Waals surface area contributed by atoms with Gasteiger partial charge in [0.15, 0.2) is 5.82 Å². The van der Waals surface area contributed by atoms with Crippen LogP contribution in [0.15, 0.2) is 49.2 Å². The largest absolute Gasteiger partial charge is 0.417 e. The number of hydrogen-bond donors (Lipinski definition) is 0. The number of nitrogens with zero attached hydrogens (tertiary/aromatic N) is 3. The molecule has 0 amide bonds. The van der Waals surface area contributed by atoms with E-state index >= 15 is 0 Å². The molecule has 3 atom stereocenters. The van der Waals surface area contributed by atoms with Crippen molar-refractivity contribution in [3.05, 3.63) is 60.3 Å². The van der Waals surface area contributed by atoms with Gasteiger partial charge in [0, 0.05) is 23.8 Å². The summed E-state index contributed by atoms with van der Waals surface area (Å²) in [5.74, 6) is 1.05. The average Bonchev–Trinajstić information content (AvgIpc) is 2.99. The fraction of sp³-hybridized carbons (Fsp3) is 0.409. The quantitative estimate of drug-likeness (QED) is 0.593. The van der Waals surface area contributed by atoms with Crippen LogP contribution < -0.4 is 9.80 Å². The molecule has 0 radical (unpaired) electrons. The van der Waals surface area contributed by atoms with Crippen LogP contribution in [0.4, 0.5) is 30.4 Å². The van der Waals surface area contributed by atoms with Crippen LogP contribution in [0.1, 0.15) is 44.2 Å². The van der Waals surface area contributed by atoms with E-state index in [1.165, 1.54) is 11.6 Å². The van der Waals surface area contributed by atoms with Gasteiger partial charge in [-0.1, -0.05) is 31.2 Å². The third kappa shape index (κ3) is 2.69. The van der Waals surface area contributed by atoms with E-state index in [2.05, 4.69) is 34.4 Å². The summed E-state index contributed by atoms with van der Waals surface area (Å²) in [6.45, 7) is 10.1. The molecule has 2 aliphatic heterocycles. The molecule has 0 spiro atoms. The van der Waals surface area contributed by atoms with E-state index in [1.807, 2.05) is 38.1 Å². The van der Waals surface area contributed by atoms with Crippen molar-refractivity contribution >= 4 is 17.2 Å². The van der Waals surface area contributed by atoms with Gasteiger partial charge in [-0.05, 0) is 43.9 Å². The molecule has 148 valence electrons. The van der Waals surface area contributed by atoms with Gasteiger partial charge in [-0.25, -0.2) is 4.98 Å². The van der Waals surface area contributed by atoms with E-state index in [0.29, 0.717) is 11.5 Å².